The topological polar surface area (TPSA) is 68.9 Å². The summed E-state index contributed by atoms with van der Waals surface area (Å²) in [6.45, 7) is 0.541. The fourth-order valence-electron chi connectivity index (χ4n) is 4.26. The van der Waals surface area contributed by atoms with Gasteiger partial charge in [0.1, 0.15) is 5.56 Å². The average Bonchev–Trinajstić information content (AvgIpc) is 3.76. The van der Waals surface area contributed by atoms with E-state index in [1.807, 2.05) is 42.5 Å². The van der Waals surface area contributed by atoms with Crippen molar-refractivity contribution in [3.8, 4) is 16.9 Å². The van der Waals surface area contributed by atoms with E-state index in [0.29, 0.717) is 33.8 Å². The van der Waals surface area contributed by atoms with Crippen molar-refractivity contribution < 1.29 is 4.79 Å². The molecule has 1 N–H and O–H groups in total. The van der Waals surface area contributed by atoms with Gasteiger partial charge in [0.15, 0.2) is 5.65 Å². The van der Waals surface area contributed by atoms with Gasteiger partial charge in [-0.05, 0) is 61.9 Å². The highest BCUT2D eigenvalue weighted by molar-refractivity contribution is 6.32. The first-order valence-corrected chi connectivity index (χ1v) is 12.2. The molecule has 4 aromatic rings. The Balaban J connectivity index is 1.66. The Bertz CT molecular complexity index is 1480. The van der Waals surface area contributed by atoms with Crippen molar-refractivity contribution in [3.05, 3.63) is 80.6 Å². The number of amides is 1. The highest BCUT2D eigenvalue weighted by atomic mass is 35.5. The largest absolute Gasteiger partial charge is 0.349 e. The predicted octanol–water partition coefficient (Wildman–Crippen LogP) is 5.46. The van der Waals surface area contributed by atoms with Crippen molar-refractivity contribution in [1.29, 1.82) is 0 Å². The van der Waals surface area contributed by atoms with Crippen LogP contribution < -0.4 is 10.9 Å². The van der Waals surface area contributed by atoms with E-state index in [1.165, 1.54) is 0 Å². The lowest BCUT2D eigenvalue weighted by Gasteiger charge is -2.11. The van der Waals surface area contributed by atoms with E-state index in [1.54, 1.807) is 21.4 Å². The third-order valence-corrected chi connectivity index (χ3v) is 6.99. The number of benzene rings is 2. The van der Waals surface area contributed by atoms with Crippen LogP contribution in [-0.4, -0.2) is 26.3 Å². The molecule has 2 aromatic heterocycles. The van der Waals surface area contributed by atoms with Crippen molar-refractivity contribution in [2.24, 2.45) is 5.92 Å². The zero-order chi connectivity index (χ0) is 23.4. The zero-order valence-corrected chi connectivity index (χ0v) is 19.8. The number of fused-ring (bicyclic) bond motifs is 1. The molecule has 0 radical (unpaired) electrons. The van der Waals surface area contributed by atoms with E-state index in [0.717, 1.165) is 42.3 Å². The Morgan fingerprint density at radius 2 is 1.76 bits per heavy atom. The smallest absolute Gasteiger partial charge is 0.265 e. The molecule has 34 heavy (non-hydrogen) atoms. The summed E-state index contributed by atoms with van der Waals surface area (Å²) in [5.41, 5.74) is 2.70. The number of carbonyl (C=O) groups excluding carboxylic acids is 1. The molecular weight excluding hydrogens is 471 g/mol. The SMILES string of the molecule is O=C(NC1CC1)c1cc2c(-c3ccc(Cl)cc3)n(-c3ccccc3Cl)nc2n(CC2CC2)c1=O. The molecular formula is C26H22Cl2N4O2. The zero-order valence-electron chi connectivity index (χ0n) is 18.3. The first-order chi connectivity index (χ1) is 16.5. The summed E-state index contributed by atoms with van der Waals surface area (Å²) in [5.74, 6) is 0.0959. The Morgan fingerprint density at radius 1 is 1.03 bits per heavy atom. The third-order valence-electron chi connectivity index (χ3n) is 6.42. The number of hydrogen-bond donors (Lipinski definition) is 1. The normalized spacial score (nSPS) is 15.6. The summed E-state index contributed by atoms with van der Waals surface area (Å²) < 4.78 is 3.43. The minimum atomic E-state index is -0.327. The second kappa shape index (κ2) is 8.29. The van der Waals surface area contributed by atoms with Crippen LogP contribution in [0.5, 0.6) is 0 Å². The summed E-state index contributed by atoms with van der Waals surface area (Å²) in [4.78, 5) is 26.6. The number of halogens is 2. The number of nitrogens with one attached hydrogen (secondary N) is 1. The van der Waals surface area contributed by atoms with Gasteiger partial charge in [-0.25, -0.2) is 4.68 Å². The molecule has 2 aromatic carbocycles. The van der Waals surface area contributed by atoms with Crippen molar-refractivity contribution >= 4 is 40.1 Å². The average molecular weight is 493 g/mol. The molecule has 2 saturated carbocycles. The molecule has 0 spiro atoms. The second-order valence-electron chi connectivity index (χ2n) is 9.12. The van der Waals surface area contributed by atoms with E-state index in [2.05, 4.69) is 5.32 Å². The lowest BCUT2D eigenvalue weighted by atomic mass is 10.1. The maximum Gasteiger partial charge on any atom is 0.265 e. The van der Waals surface area contributed by atoms with Crippen LogP contribution in [0.15, 0.2) is 59.4 Å². The molecule has 0 aliphatic heterocycles. The van der Waals surface area contributed by atoms with Crippen molar-refractivity contribution in [2.75, 3.05) is 0 Å². The number of pyridine rings is 1. The summed E-state index contributed by atoms with van der Waals surface area (Å²) in [7, 11) is 0. The predicted molar refractivity (Wildman–Crippen MR) is 134 cm³/mol. The van der Waals surface area contributed by atoms with Crippen LogP contribution in [0.2, 0.25) is 10.0 Å². The quantitative estimate of drug-likeness (QED) is 0.388. The highest BCUT2D eigenvalue weighted by Gasteiger charge is 2.30. The van der Waals surface area contributed by atoms with E-state index in [4.69, 9.17) is 28.3 Å². The fraction of sp³-hybridized carbons (Fsp3) is 0.269. The van der Waals surface area contributed by atoms with Crippen LogP contribution in [0, 0.1) is 5.92 Å². The van der Waals surface area contributed by atoms with Crippen LogP contribution >= 0.6 is 23.2 Å². The van der Waals surface area contributed by atoms with E-state index >= 15 is 0 Å². The second-order valence-corrected chi connectivity index (χ2v) is 9.96. The molecule has 2 aliphatic rings. The molecule has 6 rings (SSSR count). The minimum Gasteiger partial charge on any atom is -0.349 e. The lowest BCUT2D eigenvalue weighted by molar-refractivity contribution is 0.0949. The van der Waals surface area contributed by atoms with Gasteiger partial charge in [-0.1, -0.05) is 47.5 Å². The van der Waals surface area contributed by atoms with Gasteiger partial charge in [0, 0.05) is 28.6 Å². The number of aromatic nitrogens is 3. The van der Waals surface area contributed by atoms with Gasteiger partial charge in [-0.2, -0.15) is 0 Å². The van der Waals surface area contributed by atoms with E-state index in [9.17, 15) is 9.59 Å². The first-order valence-electron chi connectivity index (χ1n) is 11.5. The number of hydrogen-bond acceptors (Lipinski definition) is 3. The number of para-hydroxylation sites is 1. The molecule has 2 aliphatic carbocycles. The van der Waals surface area contributed by atoms with Gasteiger partial charge in [0.25, 0.3) is 11.5 Å². The molecule has 0 bridgehead atoms. The minimum absolute atomic E-state index is 0.147. The molecule has 172 valence electrons. The standard InChI is InChI=1S/C26H22Cl2N4O2/c27-17-9-7-16(8-10-17)23-19-13-20(25(33)29-18-11-12-18)26(34)31(14-15-5-6-15)24(19)30-32(23)22-4-2-1-3-21(22)28/h1-4,7-10,13,15,18H,5-6,11-12,14H2,(H,29,33). The first kappa shape index (κ1) is 21.4. The van der Waals surface area contributed by atoms with Crippen molar-refractivity contribution in [1.82, 2.24) is 19.7 Å². The Labute approximate surface area is 206 Å². The molecule has 0 saturated heterocycles. The van der Waals surface area contributed by atoms with Crippen LogP contribution in [-0.2, 0) is 6.54 Å². The molecule has 2 fully saturated rings. The maximum atomic E-state index is 13.5. The van der Waals surface area contributed by atoms with Crippen LogP contribution in [0.1, 0.15) is 36.0 Å². The van der Waals surface area contributed by atoms with Crippen molar-refractivity contribution in [3.63, 3.8) is 0 Å². The monoisotopic (exact) mass is 492 g/mol. The van der Waals surface area contributed by atoms with Crippen LogP contribution in [0.3, 0.4) is 0 Å². The molecule has 1 amide bonds. The molecule has 8 heteroatoms. The molecule has 6 nitrogen and oxygen atoms in total. The summed E-state index contributed by atoms with van der Waals surface area (Å²) >= 11 is 12.7. The van der Waals surface area contributed by atoms with Gasteiger partial charge in [-0.15, -0.1) is 5.10 Å². The maximum absolute atomic E-state index is 13.5. The van der Waals surface area contributed by atoms with E-state index < -0.39 is 0 Å². The number of nitrogens with zero attached hydrogens (tertiary/aromatic N) is 3. The van der Waals surface area contributed by atoms with Gasteiger partial charge < -0.3 is 5.32 Å². The fourth-order valence-corrected chi connectivity index (χ4v) is 4.61. The Hall–Kier alpha value is -3.09. The van der Waals surface area contributed by atoms with Gasteiger partial charge >= 0.3 is 0 Å². The van der Waals surface area contributed by atoms with E-state index in [-0.39, 0.29) is 23.1 Å². The van der Waals surface area contributed by atoms with Gasteiger partial charge in [-0.3, -0.25) is 14.2 Å². The Kier molecular flexibility index (Phi) is 5.23. The summed E-state index contributed by atoms with van der Waals surface area (Å²) in [6, 6.07) is 16.7. The number of rotatable bonds is 6. The number of carbonyl (C=O) groups is 1. The van der Waals surface area contributed by atoms with Crippen LogP contribution in [0.4, 0.5) is 0 Å². The highest BCUT2D eigenvalue weighted by Crippen LogP contribution is 2.36. The van der Waals surface area contributed by atoms with Gasteiger partial charge in [0.2, 0.25) is 0 Å². The van der Waals surface area contributed by atoms with Crippen LogP contribution in [0.25, 0.3) is 28.0 Å². The van der Waals surface area contributed by atoms with Crippen molar-refractivity contribution in [2.45, 2.75) is 38.3 Å². The van der Waals surface area contributed by atoms with Gasteiger partial charge in [0.05, 0.1) is 16.4 Å². The summed E-state index contributed by atoms with van der Waals surface area (Å²) in [6.07, 6.45) is 4.04. The third kappa shape index (κ3) is 3.91. The molecule has 2 heterocycles. The molecule has 0 atom stereocenters. The lowest BCUT2D eigenvalue weighted by Crippen LogP contribution is -2.34. The Morgan fingerprint density at radius 3 is 2.44 bits per heavy atom. The molecule has 0 unspecified atom stereocenters. The summed E-state index contributed by atoms with van der Waals surface area (Å²) in [5, 5.41) is 9.73.